The van der Waals surface area contributed by atoms with Crippen LogP contribution >= 0.6 is 0 Å². The van der Waals surface area contributed by atoms with Crippen LogP contribution in [0.3, 0.4) is 0 Å². The molecule has 0 aliphatic carbocycles. The monoisotopic (exact) mass is 407 g/mol. The number of carbonyl (C=O) groups excluding carboxylic acids is 2. The first kappa shape index (κ1) is 19.4. The van der Waals surface area contributed by atoms with Crippen molar-refractivity contribution in [3.8, 4) is 0 Å². The molecule has 3 heterocycles. The zero-order valence-corrected chi connectivity index (χ0v) is 17.0. The minimum absolute atomic E-state index is 0.00827. The highest BCUT2D eigenvalue weighted by Crippen LogP contribution is 2.41. The number of aryl methyl sites for hydroxylation is 1. The molecule has 0 aromatic heterocycles. The van der Waals surface area contributed by atoms with Crippen LogP contribution in [0.5, 0.6) is 0 Å². The summed E-state index contributed by atoms with van der Waals surface area (Å²) in [6, 6.07) is 3.52. The van der Waals surface area contributed by atoms with Crippen LogP contribution in [0.2, 0.25) is 0 Å². The highest BCUT2D eigenvalue weighted by molar-refractivity contribution is 7.89. The fraction of sp³-hybridized carbons (Fsp3) is 0.579. The Hall–Kier alpha value is -1.97. The number of carbonyl (C=O) groups is 2. The number of nitrogens with zero attached hydrogens (tertiary/aromatic N) is 3. The van der Waals surface area contributed by atoms with E-state index in [1.54, 1.807) is 17.0 Å². The van der Waals surface area contributed by atoms with Gasteiger partial charge in [0.05, 0.1) is 10.6 Å². The Kier molecular flexibility index (Phi) is 4.93. The van der Waals surface area contributed by atoms with E-state index in [-0.39, 0.29) is 37.6 Å². The standard InChI is InChI=1S/C19H25N3O5S/c1-13-9-15-11-16(10-14-3-4-17(23)22(13)19(14)15)28(25,26)21-7-5-20(6-8-21)18(24)12-27-2/h10-11,13H,3-9,12H2,1-2H3/t13-/m1/s1. The number of hydrogen-bond acceptors (Lipinski definition) is 5. The molecule has 0 unspecified atom stereocenters. The van der Waals surface area contributed by atoms with E-state index in [1.165, 1.54) is 11.4 Å². The second-order valence-electron chi connectivity index (χ2n) is 7.62. The maximum atomic E-state index is 13.2. The molecular formula is C19H25N3O5S. The first-order chi connectivity index (χ1) is 13.3. The summed E-state index contributed by atoms with van der Waals surface area (Å²) in [6.07, 6.45) is 1.67. The van der Waals surface area contributed by atoms with Gasteiger partial charge in [-0.25, -0.2) is 8.42 Å². The van der Waals surface area contributed by atoms with E-state index in [9.17, 15) is 18.0 Å². The van der Waals surface area contributed by atoms with Crippen molar-refractivity contribution in [2.45, 2.75) is 37.1 Å². The lowest BCUT2D eigenvalue weighted by molar-refractivity contribution is -0.136. The fourth-order valence-electron chi connectivity index (χ4n) is 4.44. The molecule has 8 nitrogen and oxygen atoms in total. The normalized spacial score (nSPS) is 22.5. The van der Waals surface area contributed by atoms with Gasteiger partial charge in [0.2, 0.25) is 21.8 Å². The number of anilines is 1. The number of piperazine rings is 1. The number of methoxy groups -OCH3 is 1. The minimum Gasteiger partial charge on any atom is -0.375 e. The van der Waals surface area contributed by atoms with Gasteiger partial charge in [-0.1, -0.05) is 0 Å². The quantitative estimate of drug-likeness (QED) is 0.721. The summed E-state index contributed by atoms with van der Waals surface area (Å²) >= 11 is 0. The van der Waals surface area contributed by atoms with Crippen molar-refractivity contribution in [1.82, 2.24) is 9.21 Å². The number of amides is 2. The van der Waals surface area contributed by atoms with Crippen LogP contribution in [0.4, 0.5) is 5.69 Å². The Bertz CT molecular complexity index is 922. The van der Waals surface area contributed by atoms with Crippen molar-refractivity contribution in [3.05, 3.63) is 23.3 Å². The summed E-state index contributed by atoms with van der Waals surface area (Å²) < 4.78 is 32.8. The first-order valence-corrected chi connectivity index (χ1v) is 11.0. The van der Waals surface area contributed by atoms with Crippen LogP contribution in [-0.2, 0) is 37.2 Å². The molecule has 28 heavy (non-hydrogen) atoms. The average Bonchev–Trinajstić information content (AvgIpc) is 3.02. The molecule has 1 atom stereocenters. The lowest BCUT2D eigenvalue weighted by atomic mass is 10.00. The molecule has 3 aliphatic rings. The maximum absolute atomic E-state index is 13.2. The van der Waals surface area contributed by atoms with Crippen LogP contribution in [-0.4, -0.2) is 75.4 Å². The van der Waals surface area contributed by atoms with Crippen LogP contribution in [0.1, 0.15) is 24.5 Å². The SMILES string of the molecule is COCC(=O)N1CCN(S(=O)(=O)c2cc3c4c(c2)C[C@@H](C)N4C(=O)CC3)CC1. The molecular weight excluding hydrogens is 382 g/mol. The Labute approximate surface area is 165 Å². The molecule has 1 fully saturated rings. The summed E-state index contributed by atoms with van der Waals surface area (Å²) in [5.74, 6) is -0.00791. The van der Waals surface area contributed by atoms with Gasteiger partial charge < -0.3 is 14.5 Å². The molecule has 4 rings (SSSR count). The van der Waals surface area contributed by atoms with Gasteiger partial charge in [0.25, 0.3) is 0 Å². The van der Waals surface area contributed by atoms with Crippen molar-refractivity contribution in [3.63, 3.8) is 0 Å². The predicted octanol–water partition coefficient (Wildman–Crippen LogP) is 0.390. The number of sulfonamides is 1. The van der Waals surface area contributed by atoms with Gasteiger partial charge in [-0.2, -0.15) is 4.31 Å². The van der Waals surface area contributed by atoms with Gasteiger partial charge in [0, 0.05) is 45.8 Å². The zero-order chi connectivity index (χ0) is 20.1. The fourth-order valence-corrected chi connectivity index (χ4v) is 5.96. The molecule has 0 spiro atoms. The maximum Gasteiger partial charge on any atom is 0.248 e. The molecule has 2 amide bonds. The van der Waals surface area contributed by atoms with Gasteiger partial charge in [-0.15, -0.1) is 0 Å². The largest absolute Gasteiger partial charge is 0.375 e. The summed E-state index contributed by atoms with van der Waals surface area (Å²) in [7, 11) is -2.17. The van der Waals surface area contributed by atoms with Gasteiger partial charge in [0.15, 0.2) is 0 Å². The minimum atomic E-state index is -3.64. The Balaban J connectivity index is 1.58. The third-order valence-corrected chi connectivity index (χ3v) is 7.69. The smallest absolute Gasteiger partial charge is 0.248 e. The van der Waals surface area contributed by atoms with Crippen molar-refractivity contribution in [2.75, 3.05) is 44.8 Å². The van der Waals surface area contributed by atoms with E-state index in [0.717, 1.165) is 16.8 Å². The molecule has 9 heteroatoms. The van der Waals surface area contributed by atoms with Crippen molar-refractivity contribution < 1.29 is 22.7 Å². The van der Waals surface area contributed by atoms with Crippen molar-refractivity contribution in [2.24, 2.45) is 0 Å². The molecule has 1 aromatic carbocycles. The van der Waals surface area contributed by atoms with E-state index in [2.05, 4.69) is 0 Å². The zero-order valence-electron chi connectivity index (χ0n) is 16.2. The number of benzene rings is 1. The Morgan fingerprint density at radius 3 is 2.50 bits per heavy atom. The van der Waals surface area contributed by atoms with E-state index in [1.807, 2.05) is 11.8 Å². The second kappa shape index (κ2) is 7.13. The van der Waals surface area contributed by atoms with Gasteiger partial charge in [-0.3, -0.25) is 9.59 Å². The summed E-state index contributed by atoms with van der Waals surface area (Å²) in [5.41, 5.74) is 2.79. The molecule has 0 saturated carbocycles. The molecule has 1 aromatic rings. The van der Waals surface area contributed by atoms with Crippen LogP contribution < -0.4 is 4.90 Å². The first-order valence-electron chi connectivity index (χ1n) is 9.57. The number of hydrogen-bond donors (Lipinski definition) is 0. The van der Waals surface area contributed by atoms with Crippen molar-refractivity contribution >= 4 is 27.5 Å². The highest BCUT2D eigenvalue weighted by Gasteiger charge is 2.38. The van der Waals surface area contributed by atoms with E-state index >= 15 is 0 Å². The number of ether oxygens (including phenoxy) is 1. The van der Waals surface area contributed by atoms with Gasteiger partial charge in [0.1, 0.15) is 6.61 Å². The van der Waals surface area contributed by atoms with E-state index in [0.29, 0.717) is 37.2 Å². The van der Waals surface area contributed by atoms with Gasteiger partial charge >= 0.3 is 0 Å². The summed E-state index contributed by atoms with van der Waals surface area (Å²) in [4.78, 5) is 27.9. The van der Waals surface area contributed by atoms with Crippen LogP contribution in [0.25, 0.3) is 0 Å². The van der Waals surface area contributed by atoms with Crippen LogP contribution in [0.15, 0.2) is 17.0 Å². The Morgan fingerprint density at radius 1 is 1.14 bits per heavy atom. The lowest BCUT2D eigenvalue weighted by Crippen LogP contribution is -2.51. The van der Waals surface area contributed by atoms with E-state index in [4.69, 9.17) is 4.74 Å². The average molecular weight is 407 g/mol. The number of rotatable bonds is 4. The molecule has 0 N–H and O–H groups in total. The topological polar surface area (TPSA) is 87.2 Å². The summed E-state index contributed by atoms with van der Waals surface area (Å²) in [5, 5.41) is 0. The van der Waals surface area contributed by atoms with Crippen molar-refractivity contribution in [1.29, 1.82) is 0 Å². The third kappa shape index (κ3) is 3.11. The van der Waals surface area contributed by atoms with Crippen LogP contribution in [0, 0.1) is 0 Å². The summed E-state index contributed by atoms with van der Waals surface area (Å²) in [6.45, 7) is 3.26. The molecule has 0 bridgehead atoms. The molecule has 1 saturated heterocycles. The van der Waals surface area contributed by atoms with E-state index < -0.39 is 10.0 Å². The second-order valence-corrected chi connectivity index (χ2v) is 9.56. The molecule has 152 valence electrons. The highest BCUT2D eigenvalue weighted by atomic mass is 32.2. The van der Waals surface area contributed by atoms with Gasteiger partial charge in [-0.05, 0) is 43.0 Å². The predicted molar refractivity (Wildman–Crippen MR) is 103 cm³/mol. The molecule has 0 radical (unpaired) electrons. The lowest BCUT2D eigenvalue weighted by Gasteiger charge is -2.34. The molecule has 3 aliphatic heterocycles. The third-order valence-electron chi connectivity index (χ3n) is 5.81. The Morgan fingerprint density at radius 2 is 1.82 bits per heavy atom.